The van der Waals surface area contributed by atoms with Crippen molar-refractivity contribution < 1.29 is 66.3 Å². The van der Waals surface area contributed by atoms with Crippen LogP contribution in [0.2, 0.25) is 25.7 Å². The zero-order chi connectivity index (χ0) is 47.4. The Morgan fingerprint density at radius 3 is 1.75 bits per heavy atom. The zero-order valence-corrected chi connectivity index (χ0v) is 41.0. The molecule has 16 nitrogen and oxygen atoms in total. The van der Waals surface area contributed by atoms with Crippen LogP contribution in [0, 0.1) is 36.5 Å². The Hall–Kier alpha value is -4.44. The molecule has 0 radical (unpaired) electrons. The number of methoxy groups -OCH3 is 2. The molecule has 2 unspecified atom stereocenters. The lowest BCUT2D eigenvalue weighted by atomic mass is 9.94. The van der Waals surface area contributed by atoms with E-state index in [1.165, 1.54) is 7.11 Å². The number of phenolic OH excluding ortho intramolecular Hbond substituents is 1. The minimum absolute atomic E-state index is 0. The fraction of sp³-hybridized carbons (Fsp3) is 0.565. The van der Waals surface area contributed by atoms with E-state index < -0.39 is 40.6 Å². The Balaban J connectivity index is 0.000000654. The van der Waals surface area contributed by atoms with E-state index in [-0.39, 0.29) is 77.8 Å². The summed E-state index contributed by atoms with van der Waals surface area (Å²) in [5, 5.41) is 29.3. The van der Waals surface area contributed by atoms with Crippen molar-refractivity contribution in [3.63, 3.8) is 0 Å². The second kappa shape index (κ2) is 25.5. The zero-order valence-electron chi connectivity index (χ0n) is 38.2. The summed E-state index contributed by atoms with van der Waals surface area (Å²) in [7, 11) is -6.40. The van der Waals surface area contributed by atoms with Crippen molar-refractivity contribution in [2.75, 3.05) is 34.0 Å². The number of hydrogen-bond donors (Lipinski definition) is 3. The van der Waals surface area contributed by atoms with Gasteiger partial charge in [0, 0.05) is 30.3 Å². The number of carbonyl (C=O) groups is 2. The van der Waals surface area contributed by atoms with Crippen molar-refractivity contribution in [3.8, 4) is 35.1 Å². The average Bonchev–Trinajstić information content (AvgIpc) is 3.80. The Bertz CT molecular complexity index is 2260. The highest BCUT2D eigenvalue weighted by molar-refractivity contribution is 7.55. The first-order valence-electron chi connectivity index (χ1n) is 20.7. The predicted octanol–water partition coefficient (Wildman–Crippen LogP) is 10.4. The third-order valence-electron chi connectivity index (χ3n) is 10.8. The molecule has 0 saturated carbocycles. The molecule has 2 aromatic carbocycles. The van der Waals surface area contributed by atoms with Crippen molar-refractivity contribution in [1.82, 2.24) is 0 Å². The minimum atomic E-state index is -4.53. The molecule has 0 fully saturated rings. The van der Waals surface area contributed by atoms with Crippen molar-refractivity contribution in [3.05, 3.63) is 67.8 Å². The number of benzene rings is 2. The van der Waals surface area contributed by atoms with E-state index in [9.17, 15) is 38.9 Å². The van der Waals surface area contributed by atoms with Crippen molar-refractivity contribution in [1.29, 1.82) is 10.5 Å². The van der Waals surface area contributed by atoms with Crippen LogP contribution in [-0.2, 0) is 53.7 Å². The second-order valence-corrected chi connectivity index (χ2v) is 25.9. The van der Waals surface area contributed by atoms with Crippen LogP contribution in [0.1, 0.15) is 116 Å². The van der Waals surface area contributed by atoms with Crippen LogP contribution in [0.3, 0.4) is 0 Å². The second-order valence-electron chi connectivity index (χ2n) is 16.3. The number of fused-ring (bicyclic) bond motifs is 2. The first-order chi connectivity index (χ1) is 29.6. The van der Waals surface area contributed by atoms with E-state index in [0.29, 0.717) is 64.5 Å². The van der Waals surface area contributed by atoms with E-state index in [1.807, 2.05) is 26.8 Å². The highest BCUT2D eigenvalue weighted by Gasteiger charge is 2.37. The number of ether oxygens (including phenoxy) is 5. The smallest absolute Gasteiger partial charge is 0.348 e. The molecule has 2 aromatic rings. The van der Waals surface area contributed by atoms with Gasteiger partial charge in [-0.05, 0) is 83.9 Å². The third-order valence-corrected chi connectivity index (χ3v) is 15.9. The summed E-state index contributed by atoms with van der Waals surface area (Å²) < 4.78 is 63.1. The average molecular weight is 965 g/mol. The maximum atomic E-state index is 13.1. The lowest BCUT2D eigenvalue weighted by Crippen LogP contribution is -2.23. The maximum absolute atomic E-state index is 13.1. The molecule has 0 aliphatic carbocycles. The third kappa shape index (κ3) is 14.5. The van der Waals surface area contributed by atoms with Gasteiger partial charge in [0.25, 0.3) is 0 Å². The molecule has 3 N–H and O–H groups in total. The number of phenols is 1. The van der Waals surface area contributed by atoms with Crippen molar-refractivity contribution >= 4 is 35.2 Å². The number of aromatic hydroxyl groups is 1. The van der Waals surface area contributed by atoms with Gasteiger partial charge in [0.2, 0.25) is 0 Å². The Morgan fingerprint density at radius 1 is 0.800 bits per heavy atom. The molecule has 0 bridgehead atoms. The van der Waals surface area contributed by atoms with E-state index >= 15 is 0 Å². The van der Waals surface area contributed by atoms with Crippen molar-refractivity contribution in [2.45, 2.75) is 139 Å². The van der Waals surface area contributed by atoms with E-state index in [2.05, 4.69) is 25.7 Å². The van der Waals surface area contributed by atoms with Crippen LogP contribution in [0.25, 0.3) is 0 Å². The molecule has 0 aromatic heterocycles. The Kier molecular flexibility index (Phi) is 22.9. The molecule has 362 valence electrons. The van der Waals surface area contributed by atoms with Gasteiger partial charge in [-0.2, -0.15) is 10.5 Å². The number of cyclic esters (lactones) is 2. The van der Waals surface area contributed by atoms with E-state index in [4.69, 9.17) is 38.0 Å². The van der Waals surface area contributed by atoms with E-state index in [0.717, 1.165) is 28.3 Å². The van der Waals surface area contributed by atoms with Gasteiger partial charge in [0.05, 0.1) is 46.2 Å². The summed E-state index contributed by atoms with van der Waals surface area (Å²) in [6, 6.07) is 4.69. The number of rotatable bonds is 21. The Morgan fingerprint density at radius 2 is 1.29 bits per heavy atom. The van der Waals surface area contributed by atoms with Gasteiger partial charge in [0.15, 0.2) is 11.3 Å². The number of allylic oxidation sites excluding steroid dienone is 4. The summed E-state index contributed by atoms with van der Waals surface area (Å²) in [4.78, 5) is 43.1. The van der Waals surface area contributed by atoms with Crippen LogP contribution < -0.4 is 14.2 Å². The predicted molar refractivity (Wildman–Crippen MR) is 253 cm³/mol. The molecule has 2 aliphatic rings. The molecule has 0 amide bonds. The van der Waals surface area contributed by atoms with Gasteiger partial charge < -0.3 is 47.6 Å². The summed E-state index contributed by atoms with van der Waals surface area (Å²) in [5.41, 5.74) is 3.84. The summed E-state index contributed by atoms with van der Waals surface area (Å²) >= 11 is 0. The number of nitrogens with zero attached hydrogens (tertiary/aromatic N) is 2. The van der Waals surface area contributed by atoms with Crippen LogP contribution in [0.5, 0.6) is 23.0 Å². The molecule has 0 saturated heterocycles. The minimum Gasteiger partial charge on any atom is -0.507 e. The molecule has 2 aliphatic heterocycles. The van der Waals surface area contributed by atoms with Gasteiger partial charge in [-0.15, -0.1) is 0 Å². The highest BCUT2D eigenvalue weighted by Crippen LogP contribution is 2.55. The highest BCUT2D eigenvalue weighted by atomic mass is 31.2. The molecule has 65 heavy (non-hydrogen) atoms. The van der Waals surface area contributed by atoms with Crippen LogP contribution in [0.4, 0.5) is 0 Å². The number of nitriles is 2. The lowest BCUT2D eigenvalue weighted by Gasteiger charge is -2.22. The maximum Gasteiger partial charge on any atom is 0.348 e. The number of hydrogen-bond acceptors (Lipinski definition) is 14. The van der Waals surface area contributed by atoms with Gasteiger partial charge in [-0.1, -0.05) is 64.7 Å². The first-order valence-corrected chi connectivity index (χ1v) is 27.7. The van der Waals surface area contributed by atoms with Gasteiger partial charge in [0.1, 0.15) is 47.3 Å². The summed E-state index contributed by atoms with van der Waals surface area (Å²) in [6.07, 6.45) is 4.86. The monoisotopic (exact) mass is 964 g/mol. The molecule has 4 rings (SSSR count). The van der Waals surface area contributed by atoms with Gasteiger partial charge in [-0.25, -0.2) is 9.59 Å². The molecule has 0 spiro atoms. The number of esters is 2. The lowest BCUT2D eigenvalue weighted by molar-refractivity contribution is 0.0523. The first kappa shape index (κ1) is 58.6. The fourth-order valence-electron chi connectivity index (χ4n) is 7.23. The van der Waals surface area contributed by atoms with Crippen LogP contribution >= 0.6 is 15.2 Å². The SMILES string of the molecule is C.C.CC/C(=C\Cc1c(O)c2c(c(C)c1OC)COC2=O)CC(C#N)P(=O)(O)O.CCOP(=O)(OCC)C(C#N)C/C(C)=C/Cc1c(OC)c(C)c2c(c1OCC[Si](C)(C)C)C(=O)OC2. The molecule has 19 heteroatoms. The van der Waals surface area contributed by atoms with Crippen LogP contribution in [-0.4, -0.2) is 80.3 Å². The topological polar surface area (TPSA) is 241 Å². The normalized spacial score (nSPS) is 14.4. The molecule has 2 heterocycles. The fourth-order valence-corrected chi connectivity index (χ4v) is 10.4. The van der Waals surface area contributed by atoms with Gasteiger partial charge in [-0.3, -0.25) is 9.13 Å². The molecular formula is C46H70N2O14P2Si. The molecular weight excluding hydrogens is 895 g/mol. The summed E-state index contributed by atoms with van der Waals surface area (Å²) in [5.74, 6) is 0.394. The van der Waals surface area contributed by atoms with Gasteiger partial charge >= 0.3 is 27.1 Å². The standard InChI is InChI=1S/C26H40NO7PSi.C18H22NO7P.2CH4/c1-9-33-35(29,34-10-2)20(16-27)15-18(3)11-12-21-24(30-5)19(4)22-17-32-26(28)23(22)25(21)31-13-14-36(6,7)8;1-4-11(7-12(8-19)27(22,23)24)5-6-13-16(20)15-14(9-26-18(15)21)10(2)17(13)25-3;;/h11,20H,9-10,12-15,17H2,1-8H3;5,12,20H,4,6-7,9H2,1-3H3,(H2,22,23,24);2*1H4/b18-11+;11-5+;;. The quantitative estimate of drug-likeness (QED) is 0.0456. The number of carbonyl (C=O) groups excluding carboxylic acids is 2. The van der Waals surface area contributed by atoms with Crippen LogP contribution in [0.15, 0.2) is 23.3 Å². The Labute approximate surface area is 386 Å². The van der Waals surface area contributed by atoms with Crippen molar-refractivity contribution in [2.24, 2.45) is 0 Å². The largest absolute Gasteiger partial charge is 0.507 e. The summed E-state index contributed by atoms with van der Waals surface area (Å²) in [6.45, 7) is 18.8. The molecule has 2 atom stereocenters. The van der Waals surface area contributed by atoms with E-state index in [1.54, 1.807) is 40.0 Å².